The normalized spacial score (nSPS) is 32.5. The van der Waals surface area contributed by atoms with Crippen molar-refractivity contribution in [2.45, 2.75) is 62.7 Å². The van der Waals surface area contributed by atoms with E-state index in [1.807, 2.05) is 0 Å². The summed E-state index contributed by atoms with van der Waals surface area (Å²) in [6.45, 7) is -0.505. The standard InChI is InChI=1S/C17H22N2O5S/c18-7-10-6-9-4-2-1-3-5-11(9)19(17(10)25)16-15(23)14(22)13(21)12(8-20)24-16/h6,12-16,20-23H,1-5,8H2/t12-,13+,14+,15-,16+/m0/s1. The maximum absolute atomic E-state index is 10.5. The third kappa shape index (κ3) is 3.24. The molecule has 3 rings (SSSR count). The van der Waals surface area contributed by atoms with E-state index < -0.39 is 37.3 Å². The van der Waals surface area contributed by atoms with Crippen molar-refractivity contribution >= 4 is 12.2 Å². The molecule has 136 valence electrons. The minimum atomic E-state index is -1.48. The highest BCUT2D eigenvalue weighted by molar-refractivity contribution is 7.71. The highest BCUT2D eigenvalue weighted by Gasteiger charge is 2.45. The van der Waals surface area contributed by atoms with Gasteiger partial charge in [-0.3, -0.25) is 0 Å². The van der Waals surface area contributed by atoms with E-state index in [4.69, 9.17) is 17.0 Å². The lowest BCUT2D eigenvalue weighted by molar-refractivity contribution is -0.252. The zero-order valence-corrected chi connectivity index (χ0v) is 14.5. The Kier molecular flexibility index (Phi) is 5.53. The molecule has 1 aromatic rings. The quantitative estimate of drug-likeness (QED) is 0.440. The molecule has 0 bridgehead atoms. The maximum atomic E-state index is 10.5. The van der Waals surface area contributed by atoms with Gasteiger partial charge in [-0.1, -0.05) is 18.6 Å². The molecular weight excluding hydrogens is 344 g/mol. The Labute approximate surface area is 150 Å². The summed E-state index contributed by atoms with van der Waals surface area (Å²) < 4.78 is 7.50. The highest BCUT2D eigenvalue weighted by Crippen LogP contribution is 2.33. The largest absolute Gasteiger partial charge is 0.394 e. The van der Waals surface area contributed by atoms with Crippen molar-refractivity contribution in [3.63, 3.8) is 0 Å². The van der Waals surface area contributed by atoms with Crippen LogP contribution < -0.4 is 0 Å². The summed E-state index contributed by atoms with van der Waals surface area (Å²) in [7, 11) is 0. The topological polar surface area (TPSA) is 119 Å². The van der Waals surface area contributed by atoms with Crippen molar-refractivity contribution in [2.75, 3.05) is 6.61 Å². The zero-order chi connectivity index (χ0) is 18.1. The van der Waals surface area contributed by atoms with Gasteiger partial charge in [0, 0.05) is 5.69 Å². The molecule has 8 heteroatoms. The summed E-state index contributed by atoms with van der Waals surface area (Å²) >= 11 is 5.44. The van der Waals surface area contributed by atoms with Crippen LogP contribution in [0.15, 0.2) is 6.07 Å². The molecule has 1 saturated heterocycles. The van der Waals surface area contributed by atoms with Gasteiger partial charge in [-0.2, -0.15) is 5.26 Å². The van der Waals surface area contributed by atoms with Crippen molar-refractivity contribution in [1.82, 2.24) is 4.57 Å². The van der Waals surface area contributed by atoms with Gasteiger partial charge in [0.25, 0.3) is 0 Å². The lowest BCUT2D eigenvalue weighted by atomic mass is 9.97. The number of aryl methyl sites for hydroxylation is 1. The Balaban J connectivity index is 2.15. The molecule has 4 N–H and O–H groups in total. The summed E-state index contributed by atoms with van der Waals surface area (Å²) in [5.41, 5.74) is 2.18. The molecular formula is C17H22N2O5S. The van der Waals surface area contributed by atoms with Gasteiger partial charge in [0.2, 0.25) is 0 Å². The monoisotopic (exact) mass is 366 g/mol. The van der Waals surface area contributed by atoms with Gasteiger partial charge < -0.3 is 29.7 Å². The molecule has 1 aliphatic heterocycles. The van der Waals surface area contributed by atoms with Crippen molar-refractivity contribution in [3.05, 3.63) is 27.5 Å². The molecule has 25 heavy (non-hydrogen) atoms. The van der Waals surface area contributed by atoms with Crippen LogP contribution in [0.4, 0.5) is 0 Å². The predicted molar refractivity (Wildman–Crippen MR) is 90.3 cm³/mol. The fourth-order valence-electron chi connectivity index (χ4n) is 3.65. The first-order chi connectivity index (χ1) is 12.0. The Morgan fingerprint density at radius 1 is 1.16 bits per heavy atom. The molecule has 0 saturated carbocycles. The maximum Gasteiger partial charge on any atom is 0.164 e. The first kappa shape index (κ1) is 18.5. The second kappa shape index (κ2) is 7.50. The Bertz CT molecular complexity index is 742. The van der Waals surface area contributed by atoms with E-state index in [1.54, 1.807) is 10.6 Å². The summed E-state index contributed by atoms with van der Waals surface area (Å²) in [6, 6.07) is 3.88. The molecule has 2 heterocycles. The molecule has 0 spiro atoms. The van der Waals surface area contributed by atoms with Crippen LogP contribution in [0.5, 0.6) is 0 Å². The molecule has 1 aliphatic carbocycles. The number of aliphatic hydroxyl groups is 4. The minimum absolute atomic E-state index is 0.229. The predicted octanol–water partition coefficient (Wildman–Crippen LogP) is 0.331. The van der Waals surface area contributed by atoms with Gasteiger partial charge in [0.1, 0.15) is 35.1 Å². The van der Waals surface area contributed by atoms with Gasteiger partial charge >= 0.3 is 0 Å². The van der Waals surface area contributed by atoms with Gasteiger partial charge in [-0.15, -0.1) is 0 Å². The number of aromatic nitrogens is 1. The van der Waals surface area contributed by atoms with Crippen LogP contribution >= 0.6 is 12.2 Å². The van der Waals surface area contributed by atoms with Crippen LogP contribution in [-0.4, -0.2) is 56.0 Å². The average molecular weight is 366 g/mol. The molecule has 2 aliphatic rings. The number of fused-ring (bicyclic) bond motifs is 1. The first-order valence-electron chi connectivity index (χ1n) is 8.47. The van der Waals surface area contributed by atoms with E-state index in [0.717, 1.165) is 43.4 Å². The van der Waals surface area contributed by atoms with Gasteiger partial charge in [0.05, 0.1) is 12.2 Å². The Morgan fingerprint density at radius 2 is 1.88 bits per heavy atom. The highest BCUT2D eigenvalue weighted by atomic mass is 32.1. The molecule has 0 amide bonds. The summed E-state index contributed by atoms with van der Waals surface area (Å²) in [5.74, 6) is 0. The number of pyridine rings is 1. The SMILES string of the molecule is N#Cc1cc2c(n([C@@H]3O[C@@H](CO)[C@@H](O)[C@@H](O)[C@@H]3O)c1=S)CCCCC2. The molecule has 0 aromatic carbocycles. The molecule has 0 radical (unpaired) electrons. The summed E-state index contributed by atoms with van der Waals surface area (Å²) in [4.78, 5) is 0. The lowest BCUT2D eigenvalue weighted by Gasteiger charge is -2.41. The summed E-state index contributed by atoms with van der Waals surface area (Å²) in [5, 5.41) is 49.4. The average Bonchev–Trinajstić information content (AvgIpc) is 2.85. The van der Waals surface area contributed by atoms with Gasteiger partial charge in [-0.25, -0.2) is 0 Å². The molecule has 7 nitrogen and oxygen atoms in total. The second-order valence-corrected chi connectivity index (χ2v) is 6.98. The van der Waals surface area contributed by atoms with E-state index in [1.165, 1.54) is 0 Å². The number of ether oxygens (including phenoxy) is 1. The zero-order valence-electron chi connectivity index (χ0n) is 13.7. The van der Waals surface area contributed by atoms with E-state index in [0.29, 0.717) is 5.56 Å². The van der Waals surface area contributed by atoms with Gasteiger partial charge in [0.15, 0.2) is 6.23 Å². The van der Waals surface area contributed by atoms with E-state index >= 15 is 0 Å². The van der Waals surface area contributed by atoms with Crippen LogP contribution in [-0.2, 0) is 17.6 Å². The fraction of sp³-hybridized carbons (Fsp3) is 0.647. The van der Waals surface area contributed by atoms with Crippen LogP contribution in [0.3, 0.4) is 0 Å². The third-order valence-electron chi connectivity index (χ3n) is 5.03. The van der Waals surface area contributed by atoms with Crippen molar-refractivity contribution in [2.24, 2.45) is 0 Å². The number of hydrogen-bond donors (Lipinski definition) is 4. The number of rotatable bonds is 2. The molecule has 0 unspecified atom stereocenters. The Morgan fingerprint density at radius 3 is 2.56 bits per heavy atom. The Hall–Kier alpha value is -1.34. The van der Waals surface area contributed by atoms with Crippen LogP contribution in [0.25, 0.3) is 0 Å². The smallest absolute Gasteiger partial charge is 0.164 e. The number of aliphatic hydroxyl groups excluding tert-OH is 4. The fourth-order valence-corrected chi connectivity index (χ4v) is 3.97. The van der Waals surface area contributed by atoms with E-state index in [-0.39, 0.29) is 4.64 Å². The molecule has 1 aromatic heterocycles. The number of hydrogen-bond acceptors (Lipinski definition) is 7. The number of nitrogens with zero attached hydrogens (tertiary/aromatic N) is 2. The van der Waals surface area contributed by atoms with Crippen molar-refractivity contribution in [1.29, 1.82) is 5.26 Å². The van der Waals surface area contributed by atoms with Crippen LogP contribution in [0.2, 0.25) is 0 Å². The van der Waals surface area contributed by atoms with E-state index in [2.05, 4.69) is 6.07 Å². The van der Waals surface area contributed by atoms with Crippen LogP contribution in [0.1, 0.15) is 42.3 Å². The molecule has 5 atom stereocenters. The number of nitriles is 1. The first-order valence-corrected chi connectivity index (χ1v) is 8.88. The van der Waals surface area contributed by atoms with Gasteiger partial charge in [-0.05, 0) is 37.3 Å². The van der Waals surface area contributed by atoms with Crippen molar-refractivity contribution < 1.29 is 25.2 Å². The third-order valence-corrected chi connectivity index (χ3v) is 5.45. The van der Waals surface area contributed by atoms with E-state index in [9.17, 15) is 25.7 Å². The summed E-state index contributed by atoms with van der Waals surface area (Å²) in [6.07, 6.45) is -1.89. The second-order valence-electron chi connectivity index (χ2n) is 6.60. The van der Waals surface area contributed by atoms with Crippen LogP contribution in [0, 0.1) is 16.0 Å². The van der Waals surface area contributed by atoms with Crippen molar-refractivity contribution in [3.8, 4) is 6.07 Å². The molecule has 1 fully saturated rings. The lowest BCUT2D eigenvalue weighted by Crippen LogP contribution is -2.56. The minimum Gasteiger partial charge on any atom is -0.394 e.